The predicted molar refractivity (Wildman–Crippen MR) is 55.7 cm³/mol. The molecular weight excluding hydrogens is 212 g/mol. The number of pyridine rings is 1. The summed E-state index contributed by atoms with van der Waals surface area (Å²) < 4.78 is 0. The van der Waals surface area contributed by atoms with Crippen molar-refractivity contribution in [2.45, 2.75) is 13.3 Å². The molecule has 1 rings (SSSR count). The van der Waals surface area contributed by atoms with Crippen LogP contribution in [0.3, 0.4) is 0 Å². The van der Waals surface area contributed by atoms with Gasteiger partial charge in [-0.15, -0.1) is 0 Å². The molecule has 1 amide bonds. The Morgan fingerprint density at radius 3 is 2.25 bits per heavy atom. The summed E-state index contributed by atoms with van der Waals surface area (Å²) in [5.74, 6) is -1.82. The number of nitrogens with zero attached hydrogens (tertiary/aromatic N) is 1. The molecule has 16 heavy (non-hydrogen) atoms. The van der Waals surface area contributed by atoms with Crippen molar-refractivity contribution in [1.29, 1.82) is 0 Å². The number of carbonyl (C=O) groups excluding carboxylic acids is 2. The van der Waals surface area contributed by atoms with Crippen LogP contribution in [0.15, 0.2) is 24.5 Å². The number of hydrogen-bond donors (Lipinski definition) is 2. The van der Waals surface area contributed by atoms with Crippen molar-refractivity contribution in [3.05, 3.63) is 30.1 Å². The zero-order chi connectivity index (χ0) is 12.6. The molecule has 0 radical (unpaired) electrons. The summed E-state index contributed by atoms with van der Waals surface area (Å²) in [6, 6.07) is 3.29. The monoisotopic (exact) mass is 224 g/mol. The Hall–Kier alpha value is -2.24. The van der Waals surface area contributed by atoms with Gasteiger partial charge in [0.1, 0.15) is 12.2 Å². The number of carboxylic acid groups (broad SMARTS) is 1. The number of Topliss-reactive ketones (excluding diaryl/α,β-unsaturated/α-hetero) is 1. The molecule has 0 spiro atoms. The van der Waals surface area contributed by atoms with Crippen LogP contribution in [0.2, 0.25) is 0 Å². The fourth-order valence-corrected chi connectivity index (χ4v) is 0.721. The second-order valence-electron chi connectivity index (χ2n) is 2.88. The number of carbonyl (C=O) groups is 3. The minimum atomic E-state index is -1.06. The van der Waals surface area contributed by atoms with Crippen LogP contribution >= 0.6 is 0 Å². The van der Waals surface area contributed by atoms with E-state index in [9.17, 15) is 14.4 Å². The van der Waals surface area contributed by atoms with Gasteiger partial charge in [-0.2, -0.15) is 0 Å². The highest BCUT2D eigenvalue weighted by Gasteiger charge is 1.98. The SMILES string of the molecule is CC(=O)CC(=O)O.NC(=O)c1cccnc1. The molecule has 0 aliphatic heterocycles. The molecule has 0 fully saturated rings. The van der Waals surface area contributed by atoms with Crippen LogP contribution in [0.25, 0.3) is 0 Å². The maximum absolute atomic E-state index is 10.4. The van der Waals surface area contributed by atoms with Gasteiger partial charge in [-0.25, -0.2) is 0 Å². The molecule has 0 aliphatic rings. The van der Waals surface area contributed by atoms with Gasteiger partial charge < -0.3 is 10.8 Å². The fraction of sp³-hybridized carbons (Fsp3) is 0.200. The molecule has 1 aromatic heterocycles. The predicted octanol–water partition coefficient (Wildman–Crippen LogP) is 0.231. The topological polar surface area (TPSA) is 110 Å². The van der Waals surface area contributed by atoms with Crippen molar-refractivity contribution in [3.8, 4) is 0 Å². The Bertz CT molecular complexity index is 364. The van der Waals surface area contributed by atoms with E-state index in [0.29, 0.717) is 5.56 Å². The molecule has 1 heterocycles. The molecule has 1 aromatic rings. The van der Waals surface area contributed by atoms with Crippen LogP contribution < -0.4 is 5.73 Å². The van der Waals surface area contributed by atoms with Crippen molar-refractivity contribution in [2.75, 3.05) is 0 Å². The summed E-state index contributed by atoms with van der Waals surface area (Å²) in [6.45, 7) is 1.24. The molecule has 0 saturated heterocycles. The van der Waals surface area contributed by atoms with E-state index in [1.54, 1.807) is 18.3 Å². The van der Waals surface area contributed by atoms with Crippen LogP contribution in [-0.4, -0.2) is 27.8 Å². The standard InChI is InChI=1S/C6H6N2O.C4H6O3/c7-6(9)5-2-1-3-8-4-5;1-3(5)2-4(6)7/h1-4H,(H2,7,9);2H2,1H3,(H,6,7). The number of nitrogens with two attached hydrogens (primary N) is 1. The van der Waals surface area contributed by atoms with Crippen LogP contribution in [0.4, 0.5) is 0 Å². The van der Waals surface area contributed by atoms with Gasteiger partial charge >= 0.3 is 5.97 Å². The molecule has 0 atom stereocenters. The van der Waals surface area contributed by atoms with Crippen LogP contribution in [0.5, 0.6) is 0 Å². The van der Waals surface area contributed by atoms with E-state index in [1.807, 2.05) is 0 Å². The van der Waals surface area contributed by atoms with E-state index in [-0.39, 0.29) is 12.2 Å². The zero-order valence-electron chi connectivity index (χ0n) is 8.71. The lowest BCUT2D eigenvalue weighted by Crippen LogP contribution is -2.10. The number of primary amides is 1. The summed E-state index contributed by atoms with van der Waals surface area (Å²) in [5, 5.41) is 7.86. The Kier molecular flexibility index (Phi) is 6.11. The minimum absolute atomic E-state index is 0.312. The molecule has 0 saturated carbocycles. The Morgan fingerprint density at radius 2 is 2.06 bits per heavy atom. The molecule has 0 unspecified atom stereocenters. The quantitative estimate of drug-likeness (QED) is 0.714. The van der Waals surface area contributed by atoms with Gasteiger partial charge in [0, 0.05) is 12.4 Å². The van der Waals surface area contributed by atoms with E-state index in [1.165, 1.54) is 13.1 Å². The third-order valence-electron chi connectivity index (χ3n) is 1.35. The van der Waals surface area contributed by atoms with Crippen molar-refractivity contribution in [2.24, 2.45) is 5.73 Å². The maximum atomic E-state index is 10.4. The van der Waals surface area contributed by atoms with E-state index in [4.69, 9.17) is 10.8 Å². The molecule has 86 valence electrons. The Morgan fingerprint density at radius 1 is 1.44 bits per heavy atom. The lowest BCUT2D eigenvalue weighted by Gasteiger charge is -1.88. The summed E-state index contributed by atoms with van der Waals surface area (Å²) >= 11 is 0. The number of aromatic nitrogens is 1. The van der Waals surface area contributed by atoms with E-state index >= 15 is 0 Å². The van der Waals surface area contributed by atoms with Gasteiger partial charge in [0.05, 0.1) is 5.56 Å². The van der Waals surface area contributed by atoms with Crippen LogP contribution in [0.1, 0.15) is 23.7 Å². The lowest BCUT2D eigenvalue weighted by atomic mass is 10.3. The Balaban J connectivity index is 0.000000293. The van der Waals surface area contributed by atoms with Crippen LogP contribution in [0, 0.1) is 0 Å². The van der Waals surface area contributed by atoms with Gasteiger partial charge in [-0.05, 0) is 19.1 Å². The van der Waals surface area contributed by atoms with Gasteiger partial charge in [0.25, 0.3) is 0 Å². The summed E-state index contributed by atoms with van der Waals surface area (Å²) in [6.07, 6.45) is 2.66. The highest BCUT2D eigenvalue weighted by molar-refractivity contribution is 5.93. The number of hydrogen-bond acceptors (Lipinski definition) is 4. The number of rotatable bonds is 3. The second-order valence-corrected chi connectivity index (χ2v) is 2.88. The van der Waals surface area contributed by atoms with Crippen LogP contribution in [-0.2, 0) is 9.59 Å². The number of aliphatic carboxylic acids is 1. The van der Waals surface area contributed by atoms with E-state index in [0.717, 1.165) is 0 Å². The highest BCUT2D eigenvalue weighted by atomic mass is 16.4. The minimum Gasteiger partial charge on any atom is -0.481 e. The normalized spacial score (nSPS) is 8.56. The molecule has 6 nitrogen and oxygen atoms in total. The third-order valence-corrected chi connectivity index (χ3v) is 1.35. The van der Waals surface area contributed by atoms with Crippen molar-refractivity contribution in [1.82, 2.24) is 4.98 Å². The first-order valence-corrected chi connectivity index (χ1v) is 4.34. The third kappa shape index (κ3) is 7.19. The summed E-state index contributed by atoms with van der Waals surface area (Å²) in [5.41, 5.74) is 5.38. The molecule has 6 heteroatoms. The lowest BCUT2D eigenvalue weighted by molar-refractivity contribution is -0.139. The summed E-state index contributed by atoms with van der Waals surface area (Å²) in [7, 11) is 0. The molecule has 3 N–H and O–H groups in total. The smallest absolute Gasteiger partial charge is 0.310 e. The highest BCUT2D eigenvalue weighted by Crippen LogP contribution is 1.91. The zero-order valence-corrected chi connectivity index (χ0v) is 8.71. The number of carboxylic acids is 1. The molecule has 0 bridgehead atoms. The van der Waals surface area contributed by atoms with Gasteiger partial charge in [0.2, 0.25) is 5.91 Å². The average molecular weight is 224 g/mol. The van der Waals surface area contributed by atoms with Crippen molar-refractivity contribution < 1.29 is 19.5 Å². The average Bonchev–Trinajstić information content (AvgIpc) is 2.17. The van der Waals surface area contributed by atoms with Gasteiger partial charge in [-0.3, -0.25) is 19.4 Å². The Labute approximate surface area is 92.1 Å². The second kappa shape index (κ2) is 7.10. The first kappa shape index (κ1) is 13.8. The molecule has 0 aliphatic carbocycles. The maximum Gasteiger partial charge on any atom is 0.310 e. The largest absolute Gasteiger partial charge is 0.481 e. The van der Waals surface area contributed by atoms with E-state index < -0.39 is 11.9 Å². The molecule has 0 aromatic carbocycles. The number of amides is 1. The first-order chi connectivity index (χ1) is 7.43. The first-order valence-electron chi connectivity index (χ1n) is 4.34. The van der Waals surface area contributed by atoms with Gasteiger partial charge in [-0.1, -0.05) is 0 Å². The summed E-state index contributed by atoms with van der Waals surface area (Å²) in [4.78, 5) is 33.6. The van der Waals surface area contributed by atoms with E-state index in [2.05, 4.69) is 4.98 Å². The number of ketones is 1. The van der Waals surface area contributed by atoms with Gasteiger partial charge in [0.15, 0.2) is 0 Å². The van der Waals surface area contributed by atoms with Crippen molar-refractivity contribution >= 4 is 17.7 Å². The fourth-order valence-electron chi connectivity index (χ4n) is 0.721. The molecular formula is C10H12N2O4. The van der Waals surface area contributed by atoms with Crippen molar-refractivity contribution in [3.63, 3.8) is 0 Å².